The van der Waals surface area contributed by atoms with Gasteiger partial charge in [-0.25, -0.2) is 16.8 Å². The molecule has 2 rings (SSSR count). The molecule has 0 atom stereocenters. The van der Waals surface area contributed by atoms with Crippen LogP contribution in [0.25, 0.3) is 0 Å². The number of likely N-dealkylation sites (N-methyl/N-ethyl adjacent to an activating group) is 2. The fourth-order valence-corrected chi connectivity index (χ4v) is 8.61. The largest absolute Gasteiger partial charge is 0.459 e. The predicted molar refractivity (Wildman–Crippen MR) is 192 cm³/mol. The molecule has 0 heterocycles. The standard InChI is InChI=1S/C13H18BrNO5S.C11H16BrNO3S.C6H11BrO2/c1-10-6-12(14)7-11(2)13(10)21(17,18)15(3)4-5-19-9-20-8-16;1-8-6-10(12)7-9(2)11(8)17(15,16)13(3)4-5-14;1-6(2,3)9-5(8)4-7/h6-8H,4-5,9H2,1-3H3;6-7,14H,4-5H2,1-3H3;4H2,1-3H3. The van der Waals surface area contributed by atoms with Crippen LogP contribution in [-0.4, -0.2) is 101 Å². The summed E-state index contributed by atoms with van der Waals surface area (Å²) >= 11 is 9.67. The quantitative estimate of drug-likeness (QED) is 0.0929. The van der Waals surface area contributed by atoms with Gasteiger partial charge >= 0.3 is 5.97 Å². The average Bonchev–Trinajstić information content (AvgIpc) is 2.91. The molecule has 17 heteroatoms. The minimum absolute atomic E-state index is 0.0945. The van der Waals surface area contributed by atoms with Gasteiger partial charge in [-0.3, -0.25) is 9.59 Å². The van der Waals surface area contributed by atoms with Crippen molar-refractivity contribution in [3.63, 3.8) is 0 Å². The molecule has 12 nitrogen and oxygen atoms in total. The van der Waals surface area contributed by atoms with Crippen LogP contribution in [0.15, 0.2) is 43.0 Å². The lowest BCUT2D eigenvalue weighted by atomic mass is 10.2. The number of carbonyl (C=O) groups excluding carboxylic acids is 2. The van der Waals surface area contributed by atoms with Crippen LogP contribution in [0.3, 0.4) is 0 Å². The van der Waals surface area contributed by atoms with Crippen LogP contribution in [-0.2, 0) is 43.8 Å². The minimum Gasteiger partial charge on any atom is -0.459 e. The van der Waals surface area contributed by atoms with E-state index in [-0.39, 0.29) is 56.5 Å². The zero-order chi connectivity index (χ0) is 36.8. The van der Waals surface area contributed by atoms with Crippen molar-refractivity contribution >= 4 is 80.3 Å². The number of nitrogens with zero attached hydrogens (tertiary/aromatic N) is 2. The smallest absolute Gasteiger partial charge is 0.317 e. The number of hydrogen-bond donors (Lipinski definition) is 1. The predicted octanol–water partition coefficient (Wildman–Crippen LogP) is 5.24. The highest BCUT2D eigenvalue weighted by molar-refractivity contribution is 9.10. The summed E-state index contributed by atoms with van der Waals surface area (Å²) in [6.45, 7) is 12.9. The molecule has 1 N–H and O–H groups in total. The Morgan fingerprint density at radius 2 is 1.21 bits per heavy atom. The van der Waals surface area contributed by atoms with Crippen LogP contribution in [0.2, 0.25) is 0 Å². The van der Waals surface area contributed by atoms with E-state index in [1.165, 1.54) is 18.4 Å². The second kappa shape index (κ2) is 20.9. The van der Waals surface area contributed by atoms with E-state index in [0.29, 0.717) is 32.0 Å². The van der Waals surface area contributed by atoms with Gasteiger partial charge in [-0.1, -0.05) is 47.8 Å². The summed E-state index contributed by atoms with van der Waals surface area (Å²) < 4.78 is 68.0. The Hall–Kier alpha value is -1.44. The molecule has 268 valence electrons. The zero-order valence-corrected chi connectivity index (χ0v) is 34.5. The number of halogens is 3. The maximum absolute atomic E-state index is 12.6. The highest BCUT2D eigenvalue weighted by Crippen LogP contribution is 2.28. The molecule has 0 spiro atoms. The summed E-state index contributed by atoms with van der Waals surface area (Å²) in [5, 5.41) is 9.08. The number of alkyl halides is 1. The maximum Gasteiger partial charge on any atom is 0.317 e. The van der Waals surface area contributed by atoms with Gasteiger partial charge in [0.15, 0.2) is 6.79 Å². The van der Waals surface area contributed by atoms with Crippen LogP contribution in [0.4, 0.5) is 0 Å². The van der Waals surface area contributed by atoms with E-state index < -0.39 is 20.0 Å². The molecule has 2 aromatic carbocycles. The molecule has 0 bridgehead atoms. The second-order valence-corrected chi connectivity index (χ2v) is 17.5. The summed E-state index contributed by atoms with van der Waals surface area (Å²) in [4.78, 5) is 21.1. The zero-order valence-electron chi connectivity index (χ0n) is 28.1. The van der Waals surface area contributed by atoms with Crippen molar-refractivity contribution in [1.29, 1.82) is 0 Å². The Morgan fingerprint density at radius 3 is 1.51 bits per heavy atom. The van der Waals surface area contributed by atoms with Crippen molar-refractivity contribution < 1.29 is 45.7 Å². The van der Waals surface area contributed by atoms with E-state index in [9.17, 15) is 26.4 Å². The molecule has 0 aromatic heterocycles. The number of aliphatic hydroxyl groups is 1. The van der Waals surface area contributed by atoms with E-state index in [0.717, 1.165) is 13.3 Å². The van der Waals surface area contributed by atoms with Crippen molar-refractivity contribution in [3.8, 4) is 0 Å². The highest BCUT2D eigenvalue weighted by atomic mass is 79.9. The molecule has 0 aliphatic rings. The third kappa shape index (κ3) is 15.8. The first-order valence-electron chi connectivity index (χ1n) is 14.0. The number of ether oxygens (including phenoxy) is 3. The van der Waals surface area contributed by atoms with Gasteiger partial charge < -0.3 is 19.3 Å². The Bertz CT molecular complexity index is 1500. The van der Waals surface area contributed by atoms with Crippen molar-refractivity contribution in [2.75, 3.05) is 52.5 Å². The first kappa shape index (κ1) is 45.6. The average molecular weight is 898 g/mol. The van der Waals surface area contributed by atoms with Crippen LogP contribution < -0.4 is 0 Å². The van der Waals surface area contributed by atoms with Gasteiger partial charge in [-0.2, -0.15) is 8.61 Å². The van der Waals surface area contributed by atoms with Crippen LogP contribution in [0.1, 0.15) is 43.0 Å². The van der Waals surface area contributed by atoms with E-state index in [2.05, 4.69) is 52.5 Å². The molecule has 0 saturated heterocycles. The number of rotatable bonds is 13. The Balaban J connectivity index is 0.000000729. The summed E-state index contributed by atoms with van der Waals surface area (Å²) in [5.41, 5.74) is 2.39. The highest BCUT2D eigenvalue weighted by Gasteiger charge is 2.26. The van der Waals surface area contributed by atoms with Gasteiger partial charge in [0, 0.05) is 36.1 Å². The number of sulfonamides is 2. The van der Waals surface area contributed by atoms with Crippen molar-refractivity contribution in [3.05, 3.63) is 55.5 Å². The molecular weight excluding hydrogens is 852 g/mol. The van der Waals surface area contributed by atoms with Crippen molar-refractivity contribution in [2.24, 2.45) is 0 Å². The van der Waals surface area contributed by atoms with Crippen LogP contribution in [0.5, 0.6) is 0 Å². The summed E-state index contributed by atoms with van der Waals surface area (Å²) in [5.74, 6) is -0.220. The third-order valence-corrected chi connectivity index (χ3v) is 11.6. The lowest BCUT2D eigenvalue weighted by Gasteiger charge is -2.20. The first-order valence-corrected chi connectivity index (χ1v) is 19.6. The van der Waals surface area contributed by atoms with Crippen LogP contribution >= 0.6 is 47.8 Å². The van der Waals surface area contributed by atoms with Crippen LogP contribution in [0, 0.1) is 27.7 Å². The van der Waals surface area contributed by atoms with Gasteiger partial charge in [0.25, 0.3) is 6.47 Å². The Morgan fingerprint density at radius 1 is 0.830 bits per heavy atom. The van der Waals surface area contributed by atoms with Crippen molar-refractivity contribution in [2.45, 2.75) is 63.9 Å². The Kier molecular flexibility index (Phi) is 20.3. The number of aliphatic hydroxyl groups excluding tert-OH is 1. The van der Waals surface area contributed by atoms with E-state index in [4.69, 9.17) is 14.6 Å². The fraction of sp³-hybridized carbons (Fsp3) is 0.533. The topological polar surface area (TPSA) is 157 Å². The van der Waals surface area contributed by atoms with E-state index in [1.54, 1.807) is 52.0 Å². The summed E-state index contributed by atoms with van der Waals surface area (Å²) in [6.07, 6.45) is 0. The molecule has 0 aliphatic heterocycles. The SMILES string of the molecule is CC(C)(C)OC(=O)CBr.Cc1cc(Br)cc(C)c1S(=O)(=O)N(C)CCO.Cc1cc(Br)cc(C)c1S(=O)(=O)N(C)CCOCOC=O. The van der Waals surface area contributed by atoms with Gasteiger partial charge in [0.05, 0.1) is 23.0 Å². The molecule has 0 aliphatic carbocycles. The molecular formula is C30H45Br3N2O10S2. The number of benzene rings is 2. The third-order valence-electron chi connectivity index (χ3n) is 5.90. The summed E-state index contributed by atoms with van der Waals surface area (Å²) in [7, 11) is -4.16. The molecule has 0 radical (unpaired) electrons. The molecule has 2 aromatic rings. The molecule has 0 unspecified atom stereocenters. The van der Waals surface area contributed by atoms with Gasteiger partial charge in [-0.05, 0) is 95.0 Å². The number of aryl methyl sites for hydroxylation is 4. The molecule has 0 fully saturated rings. The fourth-order valence-electron chi connectivity index (χ4n) is 4.00. The number of esters is 1. The van der Waals surface area contributed by atoms with Gasteiger partial charge in [-0.15, -0.1) is 0 Å². The molecule has 47 heavy (non-hydrogen) atoms. The number of carbonyl (C=O) groups is 2. The van der Waals surface area contributed by atoms with Crippen molar-refractivity contribution in [1.82, 2.24) is 8.61 Å². The molecule has 0 amide bonds. The maximum atomic E-state index is 12.6. The van der Waals surface area contributed by atoms with E-state index in [1.807, 2.05) is 20.8 Å². The normalized spacial score (nSPS) is 11.7. The lowest BCUT2D eigenvalue weighted by Crippen LogP contribution is -2.31. The second-order valence-electron chi connectivity index (χ2n) is 11.1. The molecule has 0 saturated carbocycles. The minimum atomic E-state index is -3.59. The Labute approximate surface area is 304 Å². The number of hydrogen-bond acceptors (Lipinski definition) is 10. The van der Waals surface area contributed by atoms with Gasteiger partial charge in [0.1, 0.15) is 10.9 Å². The first-order chi connectivity index (χ1) is 21.6. The lowest BCUT2D eigenvalue weighted by molar-refractivity contribution is -0.151. The summed E-state index contributed by atoms with van der Waals surface area (Å²) in [6, 6.07) is 7.07. The monoisotopic (exact) mass is 894 g/mol. The van der Waals surface area contributed by atoms with Gasteiger partial charge in [0.2, 0.25) is 20.0 Å². The van der Waals surface area contributed by atoms with E-state index >= 15 is 0 Å².